The van der Waals surface area contributed by atoms with Crippen LogP contribution in [0.15, 0.2) is 16.5 Å². The van der Waals surface area contributed by atoms with Gasteiger partial charge in [0, 0.05) is 6.04 Å². The number of halogens is 1. The van der Waals surface area contributed by atoms with Crippen molar-refractivity contribution in [3.63, 3.8) is 0 Å². The third kappa shape index (κ3) is 3.27. The Morgan fingerprint density at radius 1 is 1.50 bits per heavy atom. The summed E-state index contributed by atoms with van der Waals surface area (Å²) in [5, 5.41) is 2.79. The van der Waals surface area contributed by atoms with Gasteiger partial charge in [-0.1, -0.05) is 0 Å². The van der Waals surface area contributed by atoms with Gasteiger partial charge in [0.2, 0.25) is 0 Å². The Labute approximate surface area is 112 Å². The maximum Gasteiger partial charge on any atom is 0.287 e. The van der Waals surface area contributed by atoms with E-state index in [1.807, 2.05) is 6.92 Å². The summed E-state index contributed by atoms with van der Waals surface area (Å²) in [6.07, 6.45) is 1.98. The molecule has 4 nitrogen and oxygen atoms in total. The zero-order valence-corrected chi connectivity index (χ0v) is 11.5. The highest BCUT2D eigenvalue weighted by Crippen LogP contribution is 2.21. The molecule has 0 saturated carbocycles. The van der Waals surface area contributed by atoms with Gasteiger partial charge in [0.1, 0.15) is 5.76 Å². The van der Waals surface area contributed by atoms with Gasteiger partial charge in [-0.3, -0.25) is 4.79 Å². The van der Waals surface area contributed by atoms with Crippen molar-refractivity contribution in [2.45, 2.75) is 31.2 Å². The summed E-state index contributed by atoms with van der Waals surface area (Å²) in [7, 11) is 2.10. The molecule has 2 heterocycles. The molecule has 100 valence electrons. The fourth-order valence-corrected chi connectivity index (χ4v) is 2.22. The van der Waals surface area contributed by atoms with E-state index in [0.29, 0.717) is 11.5 Å². The first kappa shape index (κ1) is 13.4. The zero-order chi connectivity index (χ0) is 13.1. The van der Waals surface area contributed by atoms with E-state index in [2.05, 4.69) is 17.3 Å². The van der Waals surface area contributed by atoms with Crippen LogP contribution in [0, 0.1) is 0 Å². The monoisotopic (exact) mass is 270 g/mol. The van der Waals surface area contributed by atoms with Gasteiger partial charge in [-0.2, -0.15) is 0 Å². The van der Waals surface area contributed by atoms with Gasteiger partial charge in [0.25, 0.3) is 5.91 Å². The molecule has 2 rings (SSSR count). The van der Waals surface area contributed by atoms with Crippen molar-refractivity contribution in [3.8, 4) is 0 Å². The zero-order valence-electron chi connectivity index (χ0n) is 10.8. The minimum absolute atomic E-state index is 0.145. The smallest absolute Gasteiger partial charge is 0.287 e. The molecule has 0 aromatic carbocycles. The van der Waals surface area contributed by atoms with Crippen LogP contribution in [0.4, 0.5) is 0 Å². The van der Waals surface area contributed by atoms with Crippen molar-refractivity contribution in [2.75, 3.05) is 20.1 Å². The van der Waals surface area contributed by atoms with Gasteiger partial charge in [-0.25, -0.2) is 0 Å². The van der Waals surface area contributed by atoms with Crippen molar-refractivity contribution >= 4 is 17.5 Å². The predicted molar refractivity (Wildman–Crippen MR) is 71.0 cm³/mol. The van der Waals surface area contributed by atoms with Crippen molar-refractivity contribution in [2.24, 2.45) is 0 Å². The summed E-state index contributed by atoms with van der Waals surface area (Å²) in [5.41, 5.74) is 0. The fourth-order valence-electron chi connectivity index (χ4n) is 2.10. The Morgan fingerprint density at radius 3 is 2.72 bits per heavy atom. The number of alkyl halides is 1. The molecule has 1 N–H and O–H groups in total. The summed E-state index contributed by atoms with van der Waals surface area (Å²) in [6.45, 7) is 3.86. The predicted octanol–water partition coefficient (Wildman–Crippen LogP) is 2.40. The largest absolute Gasteiger partial charge is 0.454 e. The second kappa shape index (κ2) is 5.76. The van der Waals surface area contributed by atoms with E-state index in [9.17, 15) is 4.79 Å². The molecule has 0 radical (unpaired) electrons. The second-order valence-electron chi connectivity index (χ2n) is 4.87. The highest BCUT2D eigenvalue weighted by atomic mass is 35.5. The van der Waals surface area contributed by atoms with E-state index in [0.717, 1.165) is 25.9 Å². The van der Waals surface area contributed by atoms with Crippen LogP contribution in [-0.4, -0.2) is 37.0 Å². The van der Waals surface area contributed by atoms with Crippen LogP contribution in [0.25, 0.3) is 0 Å². The number of amides is 1. The molecule has 0 aliphatic carbocycles. The second-order valence-corrected chi connectivity index (χ2v) is 5.52. The van der Waals surface area contributed by atoms with E-state index < -0.39 is 0 Å². The molecule has 1 unspecified atom stereocenters. The van der Waals surface area contributed by atoms with E-state index in [1.165, 1.54) is 0 Å². The van der Waals surface area contributed by atoms with Crippen LogP contribution >= 0.6 is 11.6 Å². The normalized spacial score (nSPS) is 19.7. The number of nitrogens with zero attached hydrogens (tertiary/aromatic N) is 1. The molecule has 0 bridgehead atoms. The lowest BCUT2D eigenvalue weighted by molar-refractivity contribution is 0.0887. The first-order valence-corrected chi connectivity index (χ1v) is 6.73. The summed E-state index contributed by atoms with van der Waals surface area (Å²) in [5.74, 6) is 0.828. The van der Waals surface area contributed by atoms with Gasteiger partial charge >= 0.3 is 0 Å². The van der Waals surface area contributed by atoms with E-state index in [-0.39, 0.29) is 17.3 Å². The molecule has 1 saturated heterocycles. The van der Waals surface area contributed by atoms with Crippen LogP contribution in [0.3, 0.4) is 0 Å². The molecule has 1 aromatic heterocycles. The Bertz CT molecular complexity index is 409. The third-order valence-corrected chi connectivity index (χ3v) is 3.51. The molecule has 0 spiro atoms. The SMILES string of the molecule is CC(Cl)c1ccc(C(=O)NC2CCN(C)CC2)o1. The van der Waals surface area contributed by atoms with E-state index in [4.69, 9.17) is 16.0 Å². The standard InChI is InChI=1S/C13H19ClN2O2/c1-9(14)11-3-4-12(18-11)13(17)15-10-5-7-16(2)8-6-10/h3-4,9-10H,5-8H2,1-2H3,(H,15,17). The van der Waals surface area contributed by atoms with Gasteiger partial charge in [0.05, 0.1) is 5.38 Å². The molecular formula is C13H19ClN2O2. The van der Waals surface area contributed by atoms with Crippen LogP contribution in [0.1, 0.15) is 41.5 Å². The maximum absolute atomic E-state index is 12.0. The number of carbonyl (C=O) groups is 1. The molecule has 1 aliphatic heterocycles. The quantitative estimate of drug-likeness (QED) is 0.858. The molecule has 5 heteroatoms. The number of piperidine rings is 1. The number of hydrogen-bond acceptors (Lipinski definition) is 3. The first-order chi connectivity index (χ1) is 8.56. The van der Waals surface area contributed by atoms with Crippen molar-refractivity contribution in [3.05, 3.63) is 23.7 Å². The number of carbonyl (C=O) groups excluding carboxylic acids is 1. The molecule has 1 atom stereocenters. The van der Waals surface area contributed by atoms with Gasteiger partial charge in [-0.15, -0.1) is 11.6 Å². The van der Waals surface area contributed by atoms with E-state index >= 15 is 0 Å². The van der Waals surface area contributed by atoms with Crippen LogP contribution in [0.2, 0.25) is 0 Å². The Kier molecular flexibility index (Phi) is 4.30. The lowest BCUT2D eigenvalue weighted by atomic mass is 10.1. The van der Waals surface area contributed by atoms with Gasteiger partial charge in [-0.05, 0) is 52.0 Å². The topological polar surface area (TPSA) is 45.5 Å². The van der Waals surface area contributed by atoms with Crippen molar-refractivity contribution in [1.29, 1.82) is 0 Å². The van der Waals surface area contributed by atoms with Gasteiger partial charge in [0.15, 0.2) is 5.76 Å². The third-order valence-electron chi connectivity index (χ3n) is 3.30. The Morgan fingerprint density at radius 2 is 2.17 bits per heavy atom. The van der Waals surface area contributed by atoms with E-state index in [1.54, 1.807) is 12.1 Å². The van der Waals surface area contributed by atoms with Crippen LogP contribution in [-0.2, 0) is 0 Å². The van der Waals surface area contributed by atoms with Crippen LogP contribution in [0.5, 0.6) is 0 Å². The average molecular weight is 271 g/mol. The van der Waals surface area contributed by atoms with Crippen LogP contribution < -0.4 is 5.32 Å². The Balaban J connectivity index is 1.91. The summed E-state index contributed by atoms with van der Waals surface area (Å²) >= 11 is 5.90. The summed E-state index contributed by atoms with van der Waals surface area (Å²) in [4.78, 5) is 14.2. The number of rotatable bonds is 3. The summed E-state index contributed by atoms with van der Waals surface area (Å²) < 4.78 is 5.42. The van der Waals surface area contributed by atoms with Crippen molar-refractivity contribution < 1.29 is 9.21 Å². The molecule has 1 aromatic rings. The molecule has 18 heavy (non-hydrogen) atoms. The highest BCUT2D eigenvalue weighted by molar-refractivity contribution is 6.20. The molecule has 1 amide bonds. The highest BCUT2D eigenvalue weighted by Gasteiger charge is 2.21. The maximum atomic E-state index is 12.0. The lowest BCUT2D eigenvalue weighted by Crippen LogP contribution is -2.43. The number of furan rings is 1. The number of likely N-dealkylation sites (tertiary alicyclic amines) is 1. The summed E-state index contributed by atoms with van der Waals surface area (Å²) in [6, 6.07) is 3.68. The average Bonchev–Trinajstić information content (AvgIpc) is 2.81. The molecule has 1 aliphatic rings. The number of hydrogen-bond donors (Lipinski definition) is 1. The van der Waals surface area contributed by atoms with Crippen molar-refractivity contribution in [1.82, 2.24) is 10.2 Å². The minimum Gasteiger partial charge on any atom is -0.454 e. The number of nitrogens with one attached hydrogen (secondary N) is 1. The fraction of sp³-hybridized carbons (Fsp3) is 0.615. The lowest BCUT2D eigenvalue weighted by Gasteiger charge is -2.29. The molecule has 1 fully saturated rings. The Hall–Kier alpha value is -1.00. The van der Waals surface area contributed by atoms with Gasteiger partial charge < -0.3 is 14.6 Å². The molecular weight excluding hydrogens is 252 g/mol. The minimum atomic E-state index is -0.213. The first-order valence-electron chi connectivity index (χ1n) is 6.29.